The van der Waals surface area contributed by atoms with Gasteiger partial charge in [-0.05, 0) is 37.0 Å². The zero-order chi connectivity index (χ0) is 12.2. The fraction of sp³-hybridized carbons (Fsp3) is 0.923. The van der Waals surface area contributed by atoms with Crippen molar-refractivity contribution in [3.63, 3.8) is 0 Å². The average molecular weight is 244 g/mol. The molecule has 0 aliphatic heterocycles. The second-order valence-corrected chi connectivity index (χ2v) is 5.92. The second kappa shape index (κ2) is 5.89. The SMILES string of the molecule is CC(C)(CCCCl)[C@@H]1CCC[C@H](O)[C@@H]1C#N. The van der Waals surface area contributed by atoms with E-state index < -0.39 is 6.10 Å². The number of hydrogen-bond acceptors (Lipinski definition) is 2. The predicted molar refractivity (Wildman–Crippen MR) is 66.2 cm³/mol. The Morgan fingerprint density at radius 1 is 1.44 bits per heavy atom. The molecule has 1 rings (SSSR count). The third kappa shape index (κ3) is 3.12. The van der Waals surface area contributed by atoms with Gasteiger partial charge < -0.3 is 5.11 Å². The van der Waals surface area contributed by atoms with Crippen LogP contribution in [-0.2, 0) is 0 Å². The second-order valence-electron chi connectivity index (χ2n) is 5.54. The smallest absolute Gasteiger partial charge is 0.0755 e. The Kier molecular flexibility index (Phi) is 5.08. The molecule has 3 atom stereocenters. The van der Waals surface area contributed by atoms with Gasteiger partial charge in [-0.1, -0.05) is 20.3 Å². The van der Waals surface area contributed by atoms with Gasteiger partial charge in [0.25, 0.3) is 0 Å². The minimum Gasteiger partial charge on any atom is -0.392 e. The maximum Gasteiger partial charge on any atom is 0.0755 e. The minimum absolute atomic E-state index is 0.108. The molecule has 0 bridgehead atoms. The summed E-state index contributed by atoms with van der Waals surface area (Å²) in [5, 5.41) is 19.1. The molecule has 0 saturated heterocycles. The van der Waals surface area contributed by atoms with E-state index in [0.717, 1.165) is 32.1 Å². The molecule has 1 fully saturated rings. The highest BCUT2D eigenvalue weighted by molar-refractivity contribution is 6.17. The van der Waals surface area contributed by atoms with Crippen LogP contribution in [0.2, 0.25) is 0 Å². The summed E-state index contributed by atoms with van der Waals surface area (Å²) < 4.78 is 0. The summed E-state index contributed by atoms with van der Waals surface area (Å²) in [6.45, 7) is 4.40. The molecule has 0 aromatic rings. The highest BCUT2D eigenvalue weighted by atomic mass is 35.5. The van der Waals surface area contributed by atoms with Crippen LogP contribution in [0.4, 0.5) is 0 Å². The van der Waals surface area contributed by atoms with Crippen molar-refractivity contribution in [3.05, 3.63) is 0 Å². The quantitative estimate of drug-likeness (QED) is 0.770. The normalized spacial score (nSPS) is 31.1. The Hall–Kier alpha value is -0.260. The zero-order valence-corrected chi connectivity index (χ0v) is 11.0. The number of aliphatic hydroxyl groups is 1. The summed E-state index contributed by atoms with van der Waals surface area (Å²) in [5.41, 5.74) is 0.108. The van der Waals surface area contributed by atoms with E-state index in [4.69, 9.17) is 11.6 Å². The molecule has 92 valence electrons. The Morgan fingerprint density at radius 3 is 2.69 bits per heavy atom. The van der Waals surface area contributed by atoms with Crippen molar-refractivity contribution in [1.29, 1.82) is 5.26 Å². The minimum atomic E-state index is -0.431. The van der Waals surface area contributed by atoms with E-state index in [0.29, 0.717) is 11.8 Å². The summed E-state index contributed by atoms with van der Waals surface area (Å²) in [7, 11) is 0. The first-order valence-corrected chi connectivity index (χ1v) is 6.70. The fourth-order valence-electron chi connectivity index (χ4n) is 2.93. The third-order valence-electron chi connectivity index (χ3n) is 3.97. The average Bonchev–Trinajstić information content (AvgIpc) is 2.26. The predicted octanol–water partition coefficient (Wildman–Crippen LogP) is 3.33. The first-order chi connectivity index (χ1) is 7.53. The van der Waals surface area contributed by atoms with Crippen molar-refractivity contribution in [2.45, 2.75) is 52.1 Å². The van der Waals surface area contributed by atoms with Crippen LogP contribution < -0.4 is 0 Å². The largest absolute Gasteiger partial charge is 0.392 e. The maximum absolute atomic E-state index is 9.88. The summed E-state index contributed by atoms with van der Waals surface area (Å²) in [6, 6.07) is 2.30. The first kappa shape index (κ1) is 13.8. The molecule has 1 saturated carbocycles. The monoisotopic (exact) mass is 243 g/mol. The van der Waals surface area contributed by atoms with E-state index in [1.54, 1.807) is 0 Å². The number of aliphatic hydroxyl groups excluding tert-OH is 1. The lowest BCUT2D eigenvalue weighted by Gasteiger charge is -2.42. The van der Waals surface area contributed by atoms with E-state index in [1.807, 2.05) is 0 Å². The fourth-order valence-corrected chi connectivity index (χ4v) is 3.07. The number of nitriles is 1. The van der Waals surface area contributed by atoms with Gasteiger partial charge in [-0.25, -0.2) is 0 Å². The Balaban J connectivity index is 2.72. The molecule has 1 aliphatic carbocycles. The van der Waals surface area contributed by atoms with Crippen LogP contribution in [-0.4, -0.2) is 17.1 Å². The summed E-state index contributed by atoms with van der Waals surface area (Å²) in [6.07, 6.45) is 4.46. The van der Waals surface area contributed by atoms with Gasteiger partial charge in [0.05, 0.1) is 18.1 Å². The van der Waals surface area contributed by atoms with Gasteiger partial charge in [-0.3, -0.25) is 0 Å². The van der Waals surface area contributed by atoms with Gasteiger partial charge in [0, 0.05) is 5.88 Å². The van der Waals surface area contributed by atoms with Crippen molar-refractivity contribution in [1.82, 2.24) is 0 Å². The van der Waals surface area contributed by atoms with E-state index in [2.05, 4.69) is 19.9 Å². The molecule has 3 heteroatoms. The lowest BCUT2D eigenvalue weighted by atomic mass is 9.63. The number of alkyl halides is 1. The molecule has 1 N–H and O–H groups in total. The molecule has 0 aromatic carbocycles. The number of halogens is 1. The van der Waals surface area contributed by atoms with Crippen molar-refractivity contribution in [3.8, 4) is 6.07 Å². The molecule has 0 spiro atoms. The van der Waals surface area contributed by atoms with Gasteiger partial charge in [0.2, 0.25) is 0 Å². The third-order valence-corrected chi connectivity index (χ3v) is 4.24. The summed E-state index contributed by atoms with van der Waals surface area (Å²) in [5.74, 6) is 0.791. The van der Waals surface area contributed by atoms with Crippen LogP contribution in [0.1, 0.15) is 46.0 Å². The van der Waals surface area contributed by atoms with Crippen molar-refractivity contribution in [2.24, 2.45) is 17.3 Å². The molecule has 1 aliphatic rings. The van der Waals surface area contributed by atoms with Crippen molar-refractivity contribution >= 4 is 11.6 Å². The van der Waals surface area contributed by atoms with Crippen molar-refractivity contribution < 1.29 is 5.11 Å². The molecule has 0 unspecified atom stereocenters. The van der Waals surface area contributed by atoms with E-state index in [-0.39, 0.29) is 11.3 Å². The van der Waals surface area contributed by atoms with Gasteiger partial charge in [0.15, 0.2) is 0 Å². The molecular weight excluding hydrogens is 222 g/mol. The topological polar surface area (TPSA) is 44.0 Å². The van der Waals surface area contributed by atoms with E-state index in [1.165, 1.54) is 0 Å². The summed E-state index contributed by atoms with van der Waals surface area (Å²) >= 11 is 5.73. The molecule has 0 radical (unpaired) electrons. The molecule has 16 heavy (non-hydrogen) atoms. The maximum atomic E-state index is 9.88. The van der Waals surface area contributed by atoms with E-state index >= 15 is 0 Å². The van der Waals surface area contributed by atoms with Crippen LogP contribution >= 0.6 is 11.6 Å². The van der Waals surface area contributed by atoms with Crippen LogP contribution in [0.15, 0.2) is 0 Å². The first-order valence-electron chi connectivity index (χ1n) is 6.16. The Morgan fingerprint density at radius 2 is 2.12 bits per heavy atom. The Bertz CT molecular complexity index is 259. The molecule has 0 aromatic heterocycles. The summed E-state index contributed by atoms with van der Waals surface area (Å²) in [4.78, 5) is 0. The van der Waals surface area contributed by atoms with Crippen LogP contribution in [0.5, 0.6) is 0 Å². The highest BCUT2D eigenvalue weighted by Gasteiger charge is 2.40. The molecule has 0 amide bonds. The zero-order valence-electron chi connectivity index (χ0n) is 10.2. The lowest BCUT2D eigenvalue weighted by molar-refractivity contribution is 0.00871. The van der Waals surface area contributed by atoms with Gasteiger partial charge in [-0.15, -0.1) is 11.6 Å². The van der Waals surface area contributed by atoms with Crippen LogP contribution in [0.3, 0.4) is 0 Å². The van der Waals surface area contributed by atoms with Crippen LogP contribution in [0, 0.1) is 28.6 Å². The molecule has 2 nitrogen and oxygen atoms in total. The van der Waals surface area contributed by atoms with Crippen molar-refractivity contribution in [2.75, 3.05) is 5.88 Å². The number of hydrogen-bond donors (Lipinski definition) is 1. The standard InChI is InChI=1S/C13H22ClNO/c1-13(2,7-4-8-14)11-5-3-6-12(16)10(11)9-15/h10-12,16H,3-8H2,1-2H3/t10-,11-,12+/m1/s1. The highest BCUT2D eigenvalue weighted by Crippen LogP contribution is 2.44. The number of nitrogens with zero attached hydrogens (tertiary/aromatic N) is 1. The molecule has 0 heterocycles. The van der Waals surface area contributed by atoms with Gasteiger partial charge >= 0.3 is 0 Å². The molecular formula is C13H22ClNO. The van der Waals surface area contributed by atoms with E-state index in [9.17, 15) is 10.4 Å². The van der Waals surface area contributed by atoms with Gasteiger partial charge in [0.1, 0.15) is 0 Å². The number of rotatable bonds is 4. The van der Waals surface area contributed by atoms with Crippen LogP contribution in [0.25, 0.3) is 0 Å². The lowest BCUT2D eigenvalue weighted by Crippen LogP contribution is -2.39. The van der Waals surface area contributed by atoms with Gasteiger partial charge in [-0.2, -0.15) is 5.26 Å². The Labute approximate surface area is 104 Å².